The lowest BCUT2D eigenvalue weighted by atomic mass is 9.99. The molecular formula is C23H32N4O4. The molecule has 2 saturated heterocycles. The van der Waals surface area contributed by atoms with Crippen LogP contribution < -0.4 is 15.1 Å². The van der Waals surface area contributed by atoms with Gasteiger partial charge in [-0.1, -0.05) is 0 Å². The van der Waals surface area contributed by atoms with Crippen LogP contribution in [0.2, 0.25) is 0 Å². The van der Waals surface area contributed by atoms with E-state index in [9.17, 15) is 14.4 Å². The van der Waals surface area contributed by atoms with Crippen LogP contribution in [-0.2, 0) is 20.7 Å². The number of carbonyl (C=O) groups excluding carboxylic acids is 3. The number of nitrogens with one attached hydrogen (secondary N) is 1. The largest absolute Gasteiger partial charge is 0.444 e. The van der Waals surface area contributed by atoms with Crippen molar-refractivity contribution in [3.05, 3.63) is 23.3 Å². The van der Waals surface area contributed by atoms with Crippen LogP contribution in [0.4, 0.5) is 16.2 Å². The van der Waals surface area contributed by atoms with Crippen molar-refractivity contribution in [1.29, 1.82) is 0 Å². The number of nitrogens with zero attached hydrogens (tertiary/aromatic N) is 3. The summed E-state index contributed by atoms with van der Waals surface area (Å²) >= 11 is 0. The fraction of sp³-hybridized carbons (Fsp3) is 0.609. The number of carbonyl (C=O) groups is 3. The Bertz CT molecular complexity index is 917. The standard InChI is InChI=1S/C23H32N4O4/c1-14-10-18(26-12-15(13-26)25(5)22(30)31-23(2,3)4)16-8-9-27(19(16)11-14)17-6-7-20(28)24-21(17)29/h10-11,15,17H,6-9,12-13H2,1-5H3,(H,24,28,29). The number of hydrogen-bond donors (Lipinski definition) is 1. The first-order chi connectivity index (χ1) is 14.5. The number of fused-ring (bicyclic) bond motifs is 1. The summed E-state index contributed by atoms with van der Waals surface area (Å²) in [4.78, 5) is 42.5. The molecule has 0 bridgehead atoms. The molecule has 1 aromatic carbocycles. The number of anilines is 2. The summed E-state index contributed by atoms with van der Waals surface area (Å²) in [7, 11) is 1.79. The molecule has 3 heterocycles. The number of amides is 3. The average Bonchev–Trinajstić information content (AvgIpc) is 3.02. The Hall–Kier alpha value is -2.77. The van der Waals surface area contributed by atoms with Crippen LogP contribution in [-0.4, -0.2) is 67.2 Å². The minimum atomic E-state index is -0.508. The summed E-state index contributed by atoms with van der Waals surface area (Å²) in [6.45, 7) is 9.96. The van der Waals surface area contributed by atoms with Crippen LogP contribution in [0.15, 0.2) is 12.1 Å². The first-order valence-electron chi connectivity index (χ1n) is 11.0. The molecule has 1 N–H and O–H groups in total. The maximum absolute atomic E-state index is 12.4. The molecular weight excluding hydrogens is 396 g/mol. The first-order valence-corrected chi connectivity index (χ1v) is 11.0. The Morgan fingerprint density at radius 2 is 1.84 bits per heavy atom. The van der Waals surface area contributed by atoms with Crippen molar-refractivity contribution < 1.29 is 19.1 Å². The summed E-state index contributed by atoms with van der Waals surface area (Å²) in [6.07, 6.45) is 1.51. The highest BCUT2D eigenvalue weighted by atomic mass is 16.6. The molecule has 0 spiro atoms. The lowest BCUT2D eigenvalue weighted by Crippen LogP contribution is -2.60. The zero-order chi connectivity index (χ0) is 22.5. The highest BCUT2D eigenvalue weighted by molar-refractivity contribution is 6.02. The van der Waals surface area contributed by atoms with Gasteiger partial charge in [-0.3, -0.25) is 14.9 Å². The number of benzene rings is 1. The van der Waals surface area contributed by atoms with Gasteiger partial charge < -0.3 is 19.4 Å². The van der Waals surface area contributed by atoms with Gasteiger partial charge >= 0.3 is 6.09 Å². The third-order valence-corrected chi connectivity index (χ3v) is 6.28. The van der Waals surface area contributed by atoms with E-state index >= 15 is 0 Å². The van der Waals surface area contributed by atoms with E-state index in [1.165, 1.54) is 11.3 Å². The molecule has 4 rings (SSSR count). The monoisotopic (exact) mass is 428 g/mol. The van der Waals surface area contributed by atoms with Crippen LogP contribution in [0.25, 0.3) is 0 Å². The number of rotatable bonds is 3. The minimum Gasteiger partial charge on any atom is -0.444 e. The third kappa shape index (κ3) is 4.20. The van der Waals surface area contributed by atoms with Gasteiger partial charge in [0.25, 0.3) is 0 Å². The van der Waals surface area contributed by atoms with E-state index in [0.717, 1.165) is 37.3 Å². The van der Waals surface area contributed by atoms with Crippen molar-refractivity contribution >= 4 is 29.3 Å². The Balaban J connectivity index is 1.48. The molecule has 168 valence electrons. The SMILES string of the molecule is Cc1cc(N2CC(N(C)C(=O)OC(C)(C)C)C2)c2c(c1)N(C1CCC(=O)NC1=O)CC2. The van der Waals surface area contributed by atoms with Crippen LogP contribution in [0.3, 0.4) is 0 Å². The van der Waals surface area contributed by atoms with E-state index in [2.05, 4.69) is 34.2 Å². The molecule has 31 heavy (non-hydrogen) atoms. The number of likely N-dealkylation sites (N-methyl/N-ethyl adjacent to an activating group) is 1. The van der Waals surface area contributed by atoms with Gasteiger partial charge in [0.1, 0.15) is 11.6 Å². The fourth-order valence-corrected chi connectivity index (χ4v) is 4.61. The van der Waals surface area contributed by atoms with Crippen LogP contribution in [0.1, 0.15) is 44.7 Å². The Kier molecular flexibility index (Phi) is 5.35. The molecule has 0 radical (unpaired) electrons. The van der Waals surface area contributed by atoms with Gasteiger partial charge in [-0.15, -0.1) is 0 Å². The second-order valence-corrected chi connectivity index (χ2v) is 9.84. The summed E-state index contributed by atoms with van der Waals surface area (Å²) in [5.41, 5.74) is 4.14. The molecule has 0 aliphatic carbocycles. The predicted molar refractivity (Wildman–Crippen MR) is 118 cm³/mol. The van der Waals surface area contributed by atoms with E-state index in [1.807, 2.05) is 20.8 Å². The molecule has 0 saturated carbocycles. The lowest BCUT2D eigenvalue weighted by Gasteiger charge is -2.46. The zero-order valence-corrected chi connectivity index (χ0v) is 19.0. The molecule has 2 fully saturated rings. The van der Waals surface area contributed by atoms with E-state index in [1.54, 1.807) is 11.9 Å². The highest BCUT2D eigenvalue weighted by Crippen LogP contribution is 2.40. The fourth-order valence-electron chi connectivity index (χ4n) is 4.61. The van der Waals surface area contributed by atoms with E-state index in [-0.39, 0.29) is 30.0 Å². The second kappa shape index (κ2) is 7.73. The topological polar surface area (TPSA) is 82.2 Å². The third-order valence-electron chi connectivity index (χ3n) is 6.28. The summed E-state index contributed by atoms with van der Waals surface area (Å²) in [6, 6.07) is 4.14. The van der Waals surface area contributed by atoms with Crippen molar-refractivity contribution in [3.8, 4) is 0 Å². The van der Waals surface area contributed by atoms with Crippen molar-refractivity contribution in [2.24, 2.45) is 0 Å². The molecule has 3 aliphatic rings. The van der Waals surface area contributed by atoms with Gasteiger partial charge in [0.05, 0.1) is 6.04 Å². The molecule has 3 aliphatic heterocycles. The number of piperidine rings is 1. The number of hydrogen-bond acceptors (Lipinski definition) is 6. The van der Waals surface area contributed by atoms with Gasteiger partial charge in [-0.05, 0) is 58.2 Å². The van der Waals surface area contributed by atoms with Gasteiger partial charge in [-0.2, -0.15) is 0 Å². The number of aryl methyl sites for hydroxylation is 1. The van der Waals surface area contributed by atoms with Crippen LogP contribution in [0.5, 0.6) is 0 Å². The average molecular weight is 429 g/mol. The lowest BCUT2D eigenvalue weighted by molar-refractivity contribution is -0.134. The normalized spacial score (nSPS) is 21.5. The summed E-state index contributed by atoms with van der Waals surface area (Å²) in [5, 5.41) is 2.48. The molecule has 0 aromatic heterocycles. The summed E-state index contributed by atoms with van der Waals surface area (Å²) < 4.78 is 5.49. The van der Waals surface area contributed by atoms with Gasteiger partial charge in [0.2, 0.25) is 11.8 Å². The highest BCUT2D eigenvalue weighted by Gasteiger charge is 2.39. The number of imide groups is 1. The van der Waals surface area contributed by atoms with E-state index < -0.39 is 5.60 Å². The minimum absolute atomic E-state index is 0.110. The van der Waals surface area contributed by atoms with Crippen LogP contribution in [0, 0.1) is 6.92 Å². The number of ether oxygens (including phenoxy) is 1. The zero-order valence-electron chi connectivity index (χ0n) is 19.0. The van der Waals surface area contributed by atoms with Crippen molar-refractivity contribution in [1.82, 2.24) is 10.2 Å². The smallest absolute Gasteiger partial charge is 0.410 e. The molecule has 1 aromatic rings. The van der Waals surface area contributed by atoms with E-state index in [4.69, 9.17) is 4.74 Å². The maximum atomic E-state index is 12.4. The maximum Gasteiger partial charge on any atom is 0.410 e. The van der Waals surface area contributed by atoms with E-state index in [0.29, 0.717) is 12.8 Å². The predicted octanol–water partition coefficient (Wildman–Crippen LogP) is 2.22. The Morgan fingerprint density at radius 3 is 2.48 bits per heavy atom. The van der Waals surface area contributed by atoms with Crippen LogP contribution >= 0.6 is 0 Å². The second-order valence-electron chi connectivity index (χ2n) is 9.84. The first kappa shape index (κ1) is 21.5. The summed E-state index contributed by atoms with van der Waals surface area (Å²) in [5.74, 6) is -0.388. The molecule has 8 heteroatoms. The Morgan fingerprint density at radius 1 is 1.16 bits per heavy atom. The van der Waals surface area contributed by atoms with Gasteiger partial charge in [-0.25, -0.2) is 4.79 Å². The molecule has 8 nitrogen and oxygen atoms in total. The Labute approximate surface area is 183 Å². The van der Waals surface area contributed by atoms with Gasteiger partial charge in [0, 0.05) is 50.0 Å². The molecule has 3 amide bonds. The van der Waals surface area contributed by atoms with Crippen molar-refractivity contribution in [2.45, 2.75) is 64.6 Å². The van der Waals surface area contributed by atoms with Crippen molar-refractivity contribution in [3.63, 3.8) is 0 Å². The van der Waals surface area contributed by atoms with Crippen molar-refractivity contribution in [2.75, 3.05) is 36.5 Å². The molecule has 1 unspecified atom stereocenters. The molecule has 1 atom stereocenters. The van der Waals surface area contributed by atoms with Gasteiger partial charge in [0.15, 0.2) is 0 Å². The quantitative estimate of drug-likeness (QED) is 0.744.